The molecule has 1 aromatic carbocycles. The Labute approximate surface area is 190 Å². The Morgan fingerprint density at radius 2 is 1.91 bits per heavy atom. The first kappa shape index (κ1) is 22.3. The molecule has 0 bridgehead atoms. The Morgan fingerprint density at radius 1 is 1.16 bits per heavy atom. The molecule has 170 valence electrons. The van der Waals surface area contributed by atoms with Crippen LogP contribution in [0.4, 0.5) is 0 Å². The van der Waals surface area contributed by atoms with Crippen molar-refractivity contribution in [1.82, 2.24) is 15.2 Å². The van der Waals surface area contributed by atoms with Crippen LogP contribution in [0.2, 0.25) is 0 Å². The summed E-state index contributed by atoms with van der Waals surface area (Å²) in [6.45, 7) is 8.04. The van der Waals surface area contributed by atoms with Gasteiger partial charge in [0, 0.05) is 50.5 Å². The van der Waals surface area contributed by atoms with E-state index in [1.807, 2.05) is 42.2 Å². The molecule has 3 heterocycles. The van der Waals surface area contributed by atoms with Crippen molar-refractivity contribution in [3.05, 3.63) is 59.4 Å². The second-order valence-corrected chi connectivity index (χ2v) is 9.58. The van der Waals surface area contributed by atoms with E-state index in [1.165, 1.54) is 0 Å². The van der Waals surface area contributed by atoms with Gasteiger partial charge in [-0.1, -0.05) is 38.1 Å². The third kappa shape index (κ3) is 4.95. The molecular formula is C26H33N3O3. The summed E-state index contributed by atoms with van der Waals surface area (Å²) in [6, 6.07) is 13.6. The zero-order chi connectivity index (χ0) is 22.7. The number of hydrogen-bond acceptors (Lipinski definition) is 4. The van der Waals surface area contributed by atoms with E-state index in [0.717, 1.165) is 36.3 Å². The average Bonchev–Trinajstić information content (AvgIpc) is 2.78. The highest BCUT2D eigenvalue weighted by molar-refractivity contribution is 5.92. The van der Waals surface area contributed by atoms with Gasteiger partial charge in [-0.15, -0.1) is 0 Å². The highest BCUT2D eigenvalue weighted by Crippen LogP contribution is 2.46. The monoisotopic (exact) mass is 435 g/mol. The number of carbonyl (C=O) groups excluding carboxylic acids is 2. The van der Waals surface area contributed by atoms with Crippen LogP contribution in [0.15, 0.2) is 42.5 Å². The number of fused-ring (bicyclic) bond motifs is 1. The van der Waals surface area contributed by atoms with Crippen LogP contribution in [-0.2, 0) is 4.79 Å². The molecule has 0 saturated carbocycles. The van der Waals surface area contributed by atoms with Gasteiger partial charge in [0.2, 0.25) is 5.91 Å². The molecular weight excluding hydrogens is 402 g/mol. The number of amides is 2. The lowest BCUT2D eigenvalue weighted by atomic mass is 9.76. The number of benzene rings is 1. The standard InChI is InChI=1S/C26H33N3O3/c1-18(2)17-27-24(30)15-20-16-26(32-23-10-5-4-8-21(20)23)11-13-29(14-12-26)25(31)22-9-6-7-19(3)28-22/h4-10,18,20H,11-17H2,1-3H3,(H,27,30)/t20-/m0/s1. The van der Waals surface area contributed by atoms with Crippen LogP contribution in [0, 0.1) is 12.8 Å². The van der Waals surface area contributed by atoms with Crippen molar-refractivity contribution in [3.63, 3.8) is 0 Å². The van der Waals surface area contributed by atoms with Crippen molar-refractivity contribution in [2.45, 2.75) is 58.0 Å². The topological polar surface area (TPSA) is 71.5 Å². The SMILES string of the molecule is Cc1cccc(C(=O)N2CCC3(CC2)C[C@H](CC(=O)NCC(C)C)c2ccccc2O3)n1. The zero-order valence-corrected chi connectivity index (χ0v) is 19.3. The van der Waals surface area contributed by atoms with Crippen LogP contribution >= 0.6 is 0 Å². The van der Waals surface area contributed by atoms with Gasteiger partial charge in [0.05, 0.1) is 0 Å². The lowest BCUT2D eigenvalue weighted by molar-refractivity contribution is -0.122. The van der Waals surface area contributed by atoms with Gasteiger partial charge in [-0.05, 0) is 43.0 Å². The van der Waals surface area contributed by atoms with Gasteiger partial charge < -0.3 is 15.0 Å². The molecule has 0 aliphatic carbocycles. The number of rotatable bonds is 5. The predicted molar refractivity (Wildman–Crippen MR) is 124 cm³/mol. The summed E-state index contributed by atoms with van der Waals surface area (Å²) in [5, 5.41) is 3.06. The number of ether oxygens (including phenoxy) is 1. The molecule has 1 aromatic heterocycles. The van der Waals surface area contributed by atoms with Gasteiger partial charge in [0.1, 0.15) is 17.0 Å². The molecule has 2 aliphatic heterocycles. The molecule has 2 aliphatic rings. The van der Waals surface area contributed by atoms with Crippen LogP contribution in [-0.4, -0.2) is 46.9 Å². The number of piperidine rings is 1. The number of likely N-dealkylation sites (tertiary alicyclic amines) is 1. The molecule has 32 heavy (non-hydrogen) atoms. The fourth-order valence-corrected chi connectivity index (χ4v) is 4.79. The van der Waals surface area contributed by atoms with E-state index in [2.05, 4.69) is 30.2 Å². The lowest BCUT2D eigenvalue weighted by Crippen LogP contribution is -2.52. The maximum Gasteiger partial charge on any atom is 0.272 e. The Bertz CT molecular complexity index is 980. The fourth-order valence-electron chi connectivity index (χ4n) is 4.79. The van der Waals surface area contributed by atoms with Crippen LogP contribution < -0.4 is 10.1 Å². The quantitative estimate of drug-likeness (QED) is 0.768. The van der Waals surface area contributed by atoms with Crippen LogP contribution in [0.5, 0.6) is 5.75 Å². The summed E-state index contributed by atoms with van der Waals surface area (Å²) >= 11 is 0. The molecule has 0 radical (unpaired) electrons. The molecule has 2 amide bonds. The van der Waals surface area contributed by atoms with Crippen molar-refractivity contribution in [2.24, 2.45) is 5.92 Å². The normalized spacial score (nSPS) is 19.4. The second kappa shape index (κ2) is 9.31. The van der Waals surface area contributed by atoms with E-state index in [4.69, 9.17) is 4.74 Å². The molecule has 2 aromatic rings. The number of para-hydroxylation sites is 1. The number of aromatic nitrogens is 1. The van der Waals surface area contributed by atoms with Crippen LogP contribution in [0.25, 0.3) is 0 Å². The van der Waals surface area contributed by atoms with Crippen LogP contribution in [0.3, 0.4) is 0 Å². The van der Waals surface area contributed by atoms with E-state index in [9.17, 15) is 9.59 Å². The van der Waals surface area contributed by atoms with E-state index in [-0.39, 0.29) is 23.3 Å². The number of pyridine rings is 1. The van der Waals surface area contributed by atoms with Gasteiger partial charge in [-0.2, -0.15) is 0 Å². The number of nitrogens with one attached hydrogen (secondary N) is 1. The number of aryl methyl sites for hydroxylation is 1. The molecule has 0 unspecified atom stereocenters. The summed E-state index contributed by atoms with van der Waals surface area (Å²) in [7, 11) is 0. The molecule has 6 nitrogen and oxygen atoms in total. The summed E-state index contributed by atoms with van der Waals surface area (Å²) in [4.78, 5) is 31.8. The zero-order valence-electron chi connectivity index (χ0n) is 19.3. The summed E-state index contributed by atoms with van der Waals surface area (Å²) < 4.78 is 6.54. The first-order valence-electron chi connectivity index (χ1n) is 11.6. The Balaban J connectivity index is 1.46. The van der Waals surface area contributed by atoms with Crippen molar-refractivity contribution in [2.75, 3.05) is 19.6 Å². The minimum atomic E-state index is -0.339. The highest BCUT2D eigenvalue weighted by atomic mass is 16.5. The van der Waals surface area contributed by atoms with Gasteiger partial charge >= 0.3 is 0 Å². The van der Waals surface area contributed by atoms with Gasteiger partial charge in [0.15, 0.2) is 0 Å². The number of carbonyl (C=O) groups is 2. The second-order valence-electron chi connectivity index (χ2n) is 9.58. The molecule has 1 atom stereocenters. The molecule has 1 saturated heterocycles. The van der Waals surface area contributed by atoms with E-state index in [0.29, 0.717) is 37.7 Å². The van der Waals surface area contributed by atoms with Gasteiger partial charge in [0.25, 0.3) is 5.91 Å². The van der Waals surface area contributed by atoms with Gasteiger partial charge in [-0.25, -0.2) is 4.98 Å². The molecule has 1 spiro atoms. The summed E-state index contributed by atoms with van der Waals surface area (Å²) in [6.07, 6.45) is 2.76. The maximum atomic E-state index is 12.9. The lowest BCUT2D eigenvalue weighted by Gasteiger charge is -2.46. The van der Waals surface area contributed by atoms with Crippen molar-refractivity contribution >= 4 is 11.8 Å². The summed E-state index contributed by atoms with van der Waals surface area (Å²) in [5.41, 5.74) is 2.11. The third-order valence-electron chi connectivity index (χ3n) is 6.51. The number of nitrogens with zero attached hydrogens (tertiary/aromatic N) is 2. The summed E-state index contributed by atoms with van der Waals surface area (Å²) in [5.74, 6) is 1.49. The van der Waals surface area contributed by atoms with E-state index < -0.39 is 0 Å². The fraction of sp³-hybridized carbons (Fsp3) is 0.500. The average molecular weight is 436 g/mol. The minimum absolute atomic E-state index is 0.0237. The van der Waals surface area contributed by atoms with Crippen LogP contribution in [0.1, 0.15) is 67.2 Å². The first-order valence-corrected chi connectivity index (χ1v) is 11.6. The Morgan fingerprint density at radius 3 is 2.62 bits per heavy atom. The van der Waals surface area contributed by atoms with E-state index in [1.54, 1.807) is 6.07 Å². The Kier molecular flexibility index (Phi) is 6.49. The largest absolute Gasteiger partial charge is 0.487 e. The molecule has 1 fully saturated rings. The van der Waals surface area contributed by atoms with E-state index >= 15 is 0 Å². The highest BCUT2D eigenvalue weighted by Gasteiger charge is 2.44. The molecule has 1 N–H and O–H groups in total. The minimum Gasteiger partial charge on any atom is -0.487 e. The van der Waals surface area contributed by atoms with Crippen molar-refractivity contribution < 1.29 is 14.3 Å². The molecule has 6 heteroatoms. The predicted octanol–water partition coefficient (Wildman–Crippen LogP) is 4.09. The van der Waals surface area contributed by atoms with Crippen molar-refractivity contribution in [3.8, 4) is 5.75 Å². The van der Waals surface area contributed by atoms with Crippen molar-refractivity contribution in [1.29, 1.82) is 0 Å². The first-order chi connectivity index (χ1) is 15.3. The smallest absolute Gasteiger partial charge is 0.272 e. The number of hydrogen-bond donors (Lipinski definition) is 1. The maximum absolute atomic E-state index is 12.9. The van der Waals surface area contributed by atoms with Gasteiger partial charge in [-0.3, -0.25) is 9.59 Å². The Hall–Kier alpha value is -2.89. The molecule has 4 rings (SSSR count). The third-order valence-corrected chi connectivity index (χ3v) is 6.51.